The normalized spacial score (nSPS) is 16.1. The third kappa shape index (κ3) is 5.26. The maximum Gasteiger partial charge on any atom is 0.243 e. The molecular weight excluding hydrogens is 464 g/mol. The maximum atomic E-state index is 13.3. The third-order valence-corrected chi connectivity index (χ3v) is 8.67. The first kappa shape index (κ1) is 24.9. The summed E-state index contributed by atoms with van der Waals surface area (Å²) in [4.78, 5) is 18.1. The Labute approximate surface area is 207 Å². The van der Waals surface area contributed by atoms with Crippen molar-refractivity contribution in [2.24, 2.45) is 13.0 Å². The van der Waals surface area contributed by atoms with Crippen LogP contribution in [0.2, 0.25) is 0 Å². The van der Waals surface area contributed by atoms with Crippen LogP contribution in [0.1, 0.15) is 41.4 Å². The van der Waals surface area contributed by atoms with Gasteiger partial charge < -0.3 is 14.6 Å². The van der Waals surface area contributed by atoms with Crippen molar-refractivity contribution in [3.8, 4) is 5.75 Å². The van der Waals surface area contributed by atoms with E-state index >= 15 is 0 Å². The molecule has 1 amide bonds. The molecule has 0 bridgehead atoms. The average Bonchev–Trinajstić information content (AvgIpc) is 3.29. The van der Waals surface area contributed by atoms with Gasteiger partial charge in [-0.25, -0.2) is 13.4 Å². The Morgan fingerprint density at radius 3 is 2.49 bits per heavy atom. The highest BCUT2D eigenvalue weighted by molar-refractivity contribution is 7.89. The molecule has 1 aromatic heterocycles. The second-order valence-electron chi connectivity index (χ2n) is 9.04. The van der Waals surface area contributed by atoms with Crippen LogP contribution in [0, 0.1) is 19.8 Å². The van der Waals surface area contributed by atoms with Crippen LogP contribution in [-0.2, 0) is 21.9 Å². The third-order valence-electron chi connectivity index (χ3n) is 6.77. The number of hydrogen-bond acceptors (Lipinski definition) is 5. The summed E-state index contributed by atoms with van der Waals surface area (Å²) in [6, 6.07) is 12.3. The Balaban J connectivity index is 1.47. The first-order valence-electron chi connectivity index (χ1n) is 11.7. The minimum atomic E-state index is -3.59. The van der Waals surface area contributed by atoms with Gasteiger partial charge in [-0.1, -0.05) is 18.2 Å². The molecule has 0 radical (unpaired) electrons. The van der Waals surface area contributed by atoms with E-state index in [-0.39, 0.29) is 11.8 Å². The fraction of sp³-hybridized carbons (Fsp3) is 0.385. The SMILES string of the molecule is COc1cccc(C(NC(=O)C2CCN(S(=O)(=O)c3ccc(C)c(C)c3)CC2)c2nccn2C)c1. The summed E-state index contributed by atoms with van der Waals surface area (Å²) in [5.41, 5.74) is 2.86. The van der Waals surface area contributed by atoms with Gasteiger partial charge in [0, 0.05) is 38.4 Å². The lowest BCUT2D eigenvalue weighted by Gasteiger charge is -2.31. The van der Waals surface area contributed by atoms with E-state index in [1.54, 1.807) is 25.4 Å². The van der Waals surface area contributed by atoms with Crippen LogP contribution in [0.3, 0.4) is 0 Å². The van der Waals surface area contributed by atoms with Crippen LogP contribution in [0.15, 0.2) is 59.8 Å². The molecule has 3 aromatic rings. The zero-order chi connectivity index (χ0) is 25.2. The van der Waals surface area contributed by atoms with E-state index in [0.29, 0.717) is 42.4 Å². The summed E-state index contributed by atoms with van der Waals surface area (Å²) in [6.07, 6.45) is 4.46. The number of benzene rings is 2. The summed E-state index contributed by atoms with van der Waals surface area (Å²) >= 11 is 0. The van der Waals surface area contributed by atoms with Crippen molar-refractivity contribution in [1.29, 1.82) is 0 Å². The molecule has 0 spiro atoms. The molecule has 1 aliphatic heterocycles. The van der Waals surface area contributed by atoms with Crippen LogP contribution in [-0.4, -0.2) is 48.4 Å². The number of amides is 1. The lowest BCUT2D eigenvalue weighted by Crippen LogP contribution is -2.44. The van der Waals surface area contributed by atoms with Crippen LogP contribution in [0.5, 0.6) is 5.75 Å². The van der Waals surface area contributed by atoms with Crippen LogP contribution in [0.25, 0.3) is 0 Å². The Hall–Kier alpha value is -3.17. The number of methoxy groups -OCH3 is 1. The smallest absolute Gasteiger partial charge is 0.243 e. The number of sulfonamides is 1. The number of nitrogens with one attached hydrogen (secondary N) is 1. The second kappa shape index (κ2) is 10.2. The molecule has 0 aliphatic carbocycles. The van der Waals surface area contributed by atoms with E-state index in [1.165, 1.54) is 4.31 Å². The number of aromatic nitrogens is 2. The molecule has 1 N–H and O–H groups in total. The Morgan fingerprint density at radius 1 is 1.11 bits per heavy atom. The van der Waals surface area contributed by atoms with Crippen molar-refractivity contribution in [2.45, 2.75) is 37.6 Å². The molecule has 8 nitrogen and oxygen atoms in total. The first-order valence-corrected chi connectivity index (χ1v) is 13.1. The van der Waals surface area contributed by atoms with E-state index < -0.39 is 16.1 Å². The Kier molecular flexibility index (Phi) is 7.28. The van der Waals surface area contributed by atoms with Crippen molar-refractivity contribution in [3.05, 3.63) is 77.4 Å². The number of imidazole rings is 1. The topological polar surface area (TPSA) is 93.5 Å². The standard InChI is InChI=1S/C26H32N4O4S/c1-18-8-9-23(16-19(18)2)35(32,33)30-13-10-20(11-14-30)26(31)28-24(25-27-12-15-29(25)3)21-6-5-7-22(17-21)34-4/h5-9,12,15-17,20,24H,10-11,13-14H2,1-4H3,(H,28,31). The van der Waals surface area contributed by atoms with Crippen LogP contribution >= 0.6 is 0 Å². The fourth-order valence-corrected chi connectivity index (χ4v) is 5.97. The highest BCUT2D eigenvalue weighted by Crippen LogP contribution is 2.28. The van der Waals surface area contributed by atoms with Crippen molar-refractivity contribution in [2.75, 3.05) is 20.2 Å². The number of piperidine rings is 1. The van der Waals surface area contributed by atoms with E-state index in [4.69, 9.17) is 4.74 Å². The number of ether oxygens (including phenoxy) is 1. The lowest BCUT2D eigenvalue weighted by molar-refractivity contribution is -0.126. The average molecular weight is 497 g/mol. The van der Waals surface area contributed by atoms with Gasteiger partial charge >= 0.3 is 0 Å². The van der Waals surface area contributed by atoms with E-state index in [0.717, 1.165) is 16.7 Å². The summed E-state index contributed by atoms with van der Waals surface area (Å²) in [5, 5.41) is 3.15. The molecule has 0 saturated carbocycles. The molecule has 186 valence electrons. The van der Waals surface area contributed by atoms with E-state index in [1.807, 2.05) is 62.0 Å². The van der Waals surface area contributed by atoms with Crippen molar-refractivity contribution < 1.29 is 17.9 Å². The number of hydrogen-bond donors (Lipinski definition) is 1. The molecule has 1 saturated heterocycles. The maximum absolute atomic E-state index is 13.3. The summed E-state index contributed by atoms with van der Waals surface area (Å²) in [6.45, 7) is 4.48. The number of carbonyl (C=O) groups is 1. The molecule has 1 fully saturated rings. The number of aryl methyl sites for hydroxylation is 3. The zero-order valence-electron chi connectivity index (χ0n) is 20.6. The number of rotatable bonds is 7. The first-order chi connectivity index (χ1) is 16.7. The second-order valence-corrected chi connectivity index (χ2v) is 11.0. The van der Waals surface area contributed by atoms with Gasteiger partial charge in [-0.3, -0.25) is 4.79 Å². The van der Waals surface area contributed by atoms with Crippen molar-refractivity contribution in [3.63, 3.8) is 0 Å². The van der Waals surface area contributed by atoms with Gasteiger partial charge in [-0.15, -0.1) is 0 Å². The minimum Gasteiger partial charge on any atom is -0.497 e. The summed E-state index contributed by atoms with van der Waals surface area (Å²) in [5.74, 6) is 1.01. The predicted molar refractivity (Wildman–Crippen MR) is 134 cm³/mol. The van der Waals surface area contributed by atoms with E-state index in [2.05, 4.69) is 10.3 Å². The van der Waals surface area contributed by atoms with Crippen molar-refractivity contribution >= 4 is 15.9 Å². The molecule has 2 heterocycles. The van der Waals surface area contributed by atoms with Gasteiger partial charge in [0.2, 0.25) is 15.9 Å². The van der Waals surface area contributed by atoms with Gasteiger partial charge in [0.15, 0.2) is 0 Å². The quantitative estimate of drug-likeness (QED) is 0.542. The summed E-state index contributed by atoms with van der Waals surface area (Å²) in [7, 11) is -0.0998. The van der Waals surface area contributed by atoms with Gasteiger partial charge in [0.1, 0.15) is 17.6 Å². The van der Waals surface area contributed by atoms with Crippen LogP contribution < -0.4 is 10.1 Å². The molecule has 9 heteroatoms. The number of nitrogens with zero attached hydrogens (tertiary/aromatic N) is 3. The van der Waals surface area contributed by atoms with Gasteiger partial charge in [0.25, 0.3) is 0 Å². The molecule has 35 heavy (non-hydrogen) atoms. The molecule has 1 atom stereocenters. The fourth-order valence-electron chi connectivity index (χ4n) is 4.42. The van der Waals surface area contributed by atoms with Gasteiger partial charge in [-0.2, -0.15) is 4.31 Å². The zero-order valence-corrected chi connectivity index (χ0v) is 21.4. The van der Waals surface area contributed by atoms with Gasteiger partial charge in [0.05, 0.1) is 12.0 Å². The minimum absolute atomic E-state index is 0.107. The molecule has 4 rings (SSSR count). The highest BCUT2D eigenvalue weighted by atomic mass is 32.2. The largest absolute Gasteiger partial charge is 0.497 e. The number of carbonyl (C=O) groups excluding carboxylic acids is 1. The van der Waals surface area contributed by atoms with E-state index in [9.17, 15) is 13.2 Å². The summed E-state index contributed by atoms with van der Waals surface area (Å²) < 4.78 is 35.0. The lowest BCUT2D eigenvalue weighted by atomic mass is 9.96. The molecular formula is C26H32N4O4S. The molecule has 1 aliphatic rings. The Bertz CT molecular complexity index is 1310. The predicted octanol–water partition coefficient (Wildman–Crippen LogP) is 3.35. The van der Waals surface area contributed by atoms with Crippen LogP contribution in [0.4, 0.5) is 0 Å². The molecule has 2 aromatic carbocycles. The Morgan fingerprint density at radius 2 is 1.86 bits per heavy atom. The molecule has 1 unspecified atom stereocenters. The highest BCUT2D eigenvalue weighted by Gasteiger charge is 2.33. The van der Waals surface area contributed by atoms with Crippen molar-refractivity contribution in [1.82, 2.24) is 19.2 Å². The van der Waals surface area contributed by atoms with Gasteiger partial charge in [-0.05, 0) is 67.6 Å². The monoisotopic (exact) mass is 496 g/mol.